The van der Waals surface area contributed by atoms with Gasteiger partial charge in [-0.1, -0.05) is 0 Å². The second-order valence-corrected chi connectivity index (χ2v) is 6.32. The molecule has 0 radical (unpaired) electrons. The SMILES string of the molecule is Cn1cc(CC2CCN(C(=O)Nc3ccc(F)c(C(N)=O)c3)C2)cn1. The van der Waals surface area contributed by atoms with Crippen molar-refractivity contribution in [1.29, 1.82) is 0 Å². The van der Waals surface area contributed by atoms with Crippen molar-refractivity contribution in [1.82, 2.24) is 14.7 Å². The molecule has 2 aromatic rings. The third-order valence-electron chi connectivity index (χ3n) is 4.34. The fourth-order valence-corrected chi connectivity index (χ4v) is 3.09. The van der Waals surface area contributed by atoms with E-state index in [2.05, 4.69) is 10.4 Å². The van der Waals surface area contributed by atoms with Gasteiger partial charge in [-0.05, 0) is 42.5 Å². The van der Waals surface area contributed by atoms with Gasteiger partial charge in [0.15, 0.2) is 0 Å². The van der Waals surface area contributed by atoms with E-state index in [9.17, 15) is 14.0 Å². The Hall–Kier alpha value is -2.90. The second-order valence-electron chi connectivity index (χ2n) is 6.32. The Labute approximate surface area is 144 Å². The Bertz CT molecular complexity index is 804. The van der Waals surface area contributed by atoms with Crippen molar-refractivity contribution in [3.8, 4) is 0 Å². The van der Waals surface area contributed by atoms with Gasteiger partial charge >= 0.3 is 6.03 Å². The van der Waals surface area contributed by atoms with Crippen LogP contribution in [0.3, 0.4) is 0 Å². The molecular formula is C17H20FN5O2. The highest BCUT2D eigenvalue weighted by atomic mass is 19.1. The molecule has 0 spiro atoms. The number of benzene rings is 1. The van der Waals surface area contributed by atoms with Crippen molar-refractivity contribution in [2.45, 2.75) is 12.8 Å². The molecule has 7 nitrogen and oxygen atoms in total. The van der Waals surface area contributed by atoms with Crippen LogP contribution in [0, 0.1) is 11.7 Å². The number of hydrogen-bond acceptors (Lipinski definition) is 3. The van der Waals surface area contributed by atoms with E-state index in [1.54, 1.807) is 9.58 Å². The monoisotopic (exact) mass is 345 g/mol. The topological polar surface area (TPSA) is 93.3 Å². The van der Waals surface area contributed by atoms with Gasteiger partial charge in [-0.25, -0.2) is 9.18 Å². The number of nitrogens with two attached hydrogens (primary N) is 1. The molecule has 8 heteroatoms. The summed E-state index contributed by atoms with van der Waals surface area (Å²) in [7, 11) is 1.88. The Morgan fingerprint density at radius 1 is 1.44 bits per heavy atom. The number of aromatic nitrogens is 2. The van der Waals surface area contributed by atoms with Crippen LogP contribution in [0.1, 0.15) is 22.3 Å². The highest BCUT2D eigenvalue weighted by Crippen LogP contribution is 2.22. The molecule has 132 valence electrons. The van der Waals surface area contributed by atoms with Gasteiger partial charge in [0.2, 0.25) is 0 Å². The average molecular weight is 345 g/mol. The number of carbonyl (C=O) groups is 2. The number of primary amides is 1. The van der Waals surface area contributed by atoms with Crippen LogP contribution < -0.4 is 11.1 Å². The summed E-state index contributed by atoms with van der Waals surface area (Å²) in [5.74, 6) is -1.20. The fraction of sp³-hybridized carbons (Fsp3) is 0.353. The van der Waals surface area contributed by atoms with Crippen molar-refractivity contribution in [3.63, 3.8) is 0 Å². The molecule has 1 saturated heterocycles. The molecule has 3 N–H and O–H groups in total. The van der Waals surface area contributed by atoms with Crippen LogP contribution in [0.4, 0.5) is 14.9 Å². The van der Waals surface area contributed by atoms with E-state index in [1.165, 1.54) is 12.1 Å². The minimum absolute atomic E-state index is 0.242. The van der Waals surface area contributed by atoms with Crippen molar-refractivity contribution < 1.29 is 14.0 Å². The van der Waals surface area contributed by atoms with E-state index in [1.807, 2.05) is 19.4 Å². The molecular weight excluding hydrogens is 325 g/mol. The molecule has 1 unspecified atom stereocenters. The number of nitrogens with zero attached hydrogens (tertiary/aromatic N) is 3. The minimum Gasteiger partial charge on any atom is -0.366 e. The Morgan fingerprint density at radius 3 is 2.92 bits per heavy atom. The van der Waals surface area contributed by atoms with Crippen LogP contribution in [0.15, 0.2) is 30.6 Å². The molecule has 0 bridgehead atoms. The maximum Gasteiger partial charge on any atom is 0.321 e. The summed E-state index contributed by atoms with van der Waals surface area (Å²) in [6.07, 6.45) is 5.61. The summed E-state index contributed by atoms with van der Waals surface area (Å²) >= 11 is 0. The zero-order valence-corrected chi connectivity index (χ0v) is 13.9. The van der Waals surface area contributed by atoms with Gasteiger partial charge in [-0.15, -0.1) is 0 Å². The summed E-state index contributed by atoms with van der Waals surface area (Å²) in [6, 6.07) is 3.50. The van der Waals surface area contributed by atoms with Gasteiger partial charge in [-0.2, -0.15) is 5.10 Å². The number of likely N-dealkylation sites (tertiary alicyclic amines) is 1. The smallest absolute Gasteiger partial charge is 0.321 e. The predicted octanol–water partition coefficient (Wildman–Crippen LogP) is 1.75. The van der Waals surface area contributed by atoms with Gasteiger partial charge in [0.05, 0.1) is 11.8 Å². The van der Waals surface area contributed by atoms with E-state index in [0.29, 0.717) is 24.7 Å². The average Bonchev–Trinajstić information content (AvgIpc) is 3.18. The van der Waals surface area contributed by atoms with Crippen LogP contribution in [0.5, 0.6) is 0 Å². The molecule has 3 rings (SSSR count). The fourth-order valence-electron chi connectivity index (χ4n) is 3.09. The number of carbonyl (C=O) groups excluding carboxylic acids is 2. The number of urea groups is 1. The zero-order chi connectivity index (χ0) is 18.0. The van der Waals surface area contributed by atoms with E-state index >= 15 is 0 Å². The van der Waals surface area contributed by atoms with Gasteiger partial charge in [0.1, 0.15) is 5.82 Å². The number of amides is 3. The molecule has 0 aliphatic carbocycles. The van der Waals surface area contributed by atoms with Crippen molar-refractivity contribution >= 4 is 17.6 Å². The van der Waals surface area contributed by atoms with E-state index in [4.69, 9.17) is 5.73 Å². The highest BCUT2D eigenvalue weighted by molar-refractivity contribution is 5.96. The van der Waals surface area contributed by atoms with Crippen LogP contribution in [-0.2, 0) is 13.5 Å². The molecule has 3 amide bonds. The van der Waals surface area contributed by atoms with Gasteiger partial charge in [-0.3, -0.25) is 9.48 Å². The normalized spacial score (nSPS) is 16.9. The van der Waals surface area contributed by atoms with E-state index < -0.39 is 11.7 Å². The molecule has 25 heavy (non-hydrogen) atoms. The highest BCUT2D eigenvalue weighted by Gasteiger charge is 2.26. The van der Waals surface area contributed by atoms with Crippen molar-refractivity contribution in [2.75, 3.05) is 18.4 Å². The zero-order valence-electron chi connectivity index (χ0n) is 13.9. The largest absolute Gasteiger partial charge is 0.366 e. The summed E-state index contributed by atoms with van der Waals surface area (Å²) in [4.78, 5) is 25.3. The van der Waals surface area contributed by atoms with Crippen LogP contribution in [0.25, 0.3) is 0 Å². The number of anilines is 1. The lowest BCUT2D eigenvalue weighted by molar-refractivity contribution is 0.0996. The molecule has 1 aliphatic heterocycles. The van der Waals surface area contributed by atoms with Crippen LogP contribution in [0.2, 0.25) is 0 Å². The van der Waals surface area contributed by atoms with Gasteiger partial charge in [0, 0.05) is 32.0 Å². The maximum absolute atomic E-state index is 13.5. The summed E-state index contributed by atoms with van der Waals surface area (Å²) in [5.41, 5.74) is 6.37. The molecule has 1 atom stereocenters. The number of rotatable bonds is 4. The Balaban J connectivity index is 1.59. The number of nitrogens with one attached hydrogen (secondary N) is 1. The third kappa shape index (κ3) is 3.96. The van der Waals surface area contributed by atoms with Gasteiger partial charge < -0.3 is 16.0 Å². The third-order valence-corrected chi connectivity index (χ3v) is 4.34. The molecule has 1 aromatic carbocycles. The number of hydrogen-bond donors (Lipinski definition) is 2. The first-order chi connectivity index (χ1) is 11.9. The standard InChI is InChI=1S/C17H20FN5O2/c1-22-9-12(8-20-22)6-11-4-5-23(10-11)17(25)21-13-2-3-15(18)14(7-13)16(19)24/h2-3,7-9,11H,4-6,10H2,1H3,(H2,19,24)(H,21,25). The Kier molecular flexibility index (Phi) is 4.69. The first-order valence-corrected chi connectivity index (χ1v) is 8.05. The quantitative estimate of drug-likeness (QED) is 0.884. The lowest BCUT2D eigenvalue weighted by Crippen LogP contribution is -2.33. The molecule has 1 fully saturated rings. The van der Waals surface area contributed by atoms with E-state index in [0.717, 1.165) is 24.5 Å². The van der Waals surface area contributed by atoms with Crippen LogP contribution >= 0.6 is 0 Å². The molecule has 2 heterocycles. The Morgan fingerprint density at radius 2 is 2.24 bits per heavy atom. The number of aryl methyl sites for hydroxylation is 1. The minimum atomic E-state index is -0.869. The molecule has 0 saturated carbocycles. The van der Waals surface area contributed by atoms with Crippen molar-refractivity contribution in [2.24, 2.45) is 18.7 Å². The second kappa shape index (κ2) is 6.92. The summed E-state index contributed by atoms with van der Waals surface area (Å²) in [5, 5.41) is 6.84. The maximum atomic E-state index is 13.5. The first-order valence-electron chi connectivity index (χ1n) is 8.05. The first kappa shape index (κ1) is 16.9. The van der Waals surface area contributed by atoms with Crippen molar-refractivity contribution in [3.05, 3.63) is 47.5 Å². The number of halogens is 1. The summed E-state index contributed by atoms with van der Waals surface area (Å²) < 4.78 is 15.3. The molecule has 1 aromatic heterocycles. The lowest BCUT2D eigenvalue weighted by atomic mass is 10.0. The van der Waals surface area contributed by atoms with Crippen LogP contribution in [-0.4, -0.2) is 39.7 Å². The van der Waals surface area contributed by atoms with Gasteiger partial charge in [0.25, 0.3) is 5.91 Å². The molecule has 1 aliphatic rings. The summed E-state index contributed by atoms with van der Waals surface area (Å²) in [6.45, 7) is 1.30. The lowest BCUT2D eigenvalue weighted by Gasteiger charge is -2.17. The van der Waals surface area contributed by atoms with E-state index in [-0.39, 0.29) is 11.6 Å². The predicted molar refractivity (Wildman–Crippen MR) is 90.5 cm³/mol.